The Balaban J connectivity index is 2.07. The monoisotopic (exact) mass is 403 g/mol. The predicted molar refractivity (Wildman–Crippen MR) is 83.4 cm³/mol. The summed E-state index contributed by atoms with van der Waals surface area (Å²) in [6, 6.07) is 5.63. The molecule has 3 rings (SSSR count). The Hall–Kier alpha value is -2.03. The van der Waals surface area contributed by atoms with Gasteiger partial charge in [-0.15, -0.1) is 0 Å². The molecule has 1 aliphatic rings. The minimum atomic E-state index is -4.61. The van der Waals surface area contributed by atoms with Gasteiger partial charge in [-0.25, -0.2) is 9.78 Å². The van der Waals surface area contributed by atoms with Crippen LogP contribution in [0.1, 0.15) is 30.4 Å². The van der Waals surface area contributed by atoms with Gasteiger partial charge in [0.05, 0.1) is 6.04 Å². The van der Waals surface area contributed by atoms with E-state index in [0.29, 0.717) is 18.4 Å². The van der Waals surface area contributed by atoms with Crippen molar-refractivity contribution in [2.45, 2.75) is 25.1 Å². The maximum atomic E-state index is 13.4. The predicted octanol–water partition coefficient (Wildman–Crippen LogP) is 4.67. The first-order valence-electron chi connectivity index (χ1n) is 7.20. The molecule has 2 aromatic rings. The number of benzene rings is 1. The normalized spacial score (nSPS) is 18.2. The van der Waals surface area contributed by atoms with Crippen molar-refractivity contribution in [1.82, 2.24) is 14.9 Å². The van der Waals surface area contributed by atoms with Gasteiger partial charge < -0.3 is 10.1 Å². The molecule has 2 N–H and O–H groups in total. The van der Waals surface area contributed by atoms with E-state index in [9.17, 15) is 23.1 Å². The third kappa shape index (κ3) is 3.12. The Morgan fingerprint density at radius 1 is 1.33 bits per heavy atom. The van der Waals surface area contributed by atoms with E-state index < -0.39 is 24.0 Å². The number of amides is 1. The van der Waals surface area contributed by atoms with Gasteiger partial charge in [-0.05, 0) is 25.0 Å². The van der Waals surface area contributed by atoms with Crippen LogP contribution in [-0.2, 0) is 6.18 Å². The van der Waals surface area contributed by atoms with Gasteiger partial charge in [-0.1, -0.05) is 28.1 Å². The molecule has 0 radical (unpaired) electrons. The number of imidazole rings is 1. The van der Waals surface area contributed by atoms with Gasteiger partial charge in [0, 0.05) is 16.6 Å². The third-order valence-corrected chi connectivity index (χ3v) is 4.47. The Morgan fingerprint density at radius 3 is 2.58 bits per heavy atom. The van der Waals surface area contributed by atoms with E-state index in [2.05, 4.69) is 25.9 Å². The Labute approximate surface area is 143 Å². The first-order chi connectivity index (χ1) is 11.3. The number of aromatic nitrogens is 2. The highest BCUT2D eigenvalue weighted by Gasteiger charge is 2.40. The molecule has 1 saturated heterocycles. The van der Waals surface area contributed by atoms with E-state index in [-0.39, 0.29) is 18.1 Å². The summed E-state index contributed by atoms with van der Waals surface area (Å²) >= 11 is 3.24. The zero-order chi connectivity index (χ0) is 17.5. The summed E-state index contributed by atoms with van der Waals surface area (Å²) in [6.45, 7) is 0.287. The van der Waals surface area contributed by atoms with E-state index in [0.717, 1.165) is 9.37 Å². The lowest BCUT2D eigenvalue weighted by atomic mass is 10.1. The summed E-state index contributed by atoms with van der Waals surface area (Å²) in [5.74, 6) is 0.0279. The molecule has 128 valence electrons. The topological polar surface area (TPSA) is 69.2 Å². The SMILES string of the molecule is O=C(O)N1CCCC1c1nc(-c2ccc(Br)cc2)c(C(F)(F)F)[nH]1. The van der Waals surface area contributed by atoms with Crippen LogP contribution in [0.3, 0.4) is 0 Å². The molecular formula is C15H13BrF3N3O2. The van der Waals surface area contributed by atoms with Crippen molar-refractivity contribution in [3.8, 4) is 11.3 Å². The number of alkyl halides is 3. The Morgan fingerprint density at radius 2 is 2.00 bits per heavy atom. The van der Waals surface area contributed by atoms with Crippen LogP contribution in [0.5, 0.6) is 0 Å². The Kier molecular flexibility index (Phi) is 4.29. The summed E-state index contributed by atoms with van der Waals surface area (Å²) in [5.41, 5.74) is -0.868. The molecular weight excluding hydrogens is 391 g/mol. The highest BCUT2D eigenvalue weighted by atomic mass is 79.9. The molecule has 1 aromatic carbocycles. The van der Waals surface area contributed by atoms with Crippen molar-refractivity contribution in [1.29, 1.82) is 0 Å². The lowest BCUT2D eigenvalue weighted by molar-refractivity contribution is -0.140. The zero-order valence-corrected chi connectivity index (χ0v) is 13.9. The number of carbonyl (C=O) groups is 1. The number of halogens is 4. The van der Waals surface area contributed by atoms with Crippen molar-refractivity contribution in [2.24, 2.45) is 0 Å². The number of rotatable bonds is 2. The first kappa shape index (κ1) is 16.8. The van der Waals surface area contributed by atoms with Crippen molar-refractivity contribution < 1.29 is 23.1 Å². The number of carboxylic acid groups (broad SMARTS) is 1. The molecule has 0 aliphatic carbocycles. The van der Waals surface area contributed by atoms with Crippen LogP contribution < -0.4 is 0 Å². The molecule has 1 amide bonds. The highest BCUT2D eigenvalue weighted by Crippen LogP contribution is 2.39. The van der Waals surface area contributed by atoms with Crippen LogP contribution in [-0.4, -0.2) is 32.6 Å². The summed E-state index contributed by atoms with van der Waals surface area (Å²) in [6.07, 6.45) is -4.74. The number of hydrogen-bond donors (Lipinski definition) is 2. The molecule has 1 aliphatic heterocycles. The van der Waals surface area contributed by atoms with Gasteiger partial charge in [0.15, 0.2) is 0 Å². The van der Waals surface area contributed by atoms with Gasteiger partial charge >= 0.3 is 12.3 Å². The molecule has 9 heteroatoms. The fourth-order valence-electron chi connectivity index (χ4n) is 2.85. The van der Waals surface area contributed by atoms with Gasteiger partial charge in [-0.2, -0.15) is 13.2 Å². The molecule has 1 aromatic heterocycles. The molecule has 2 heterocycles. The quantitative estimate of drug-likeness (QED) is 0.764. The van der Waals surface area contributed by atoms with Crippen molar-refractivity contribution in [3.63, 3.8) is 0 Å². The number of likely N-dealkylation sites (tertiary alicyclic amines) is 1. The number of H-pyrrole nitrogens is 1. The van der Waals surface area contributed by atoms with Crippen molar-refractivity contribution >= 4 is 22.0 Å². The van der Waals surface area contributed by atoms with E-state index in [4.69, 9.17) is 0 Å². The Bertz CT molecular complexity index is 758. The number of hydrogen-bond acceptors (Lipinski definition) is 2. The van der Waals surface area contributed by atoms with Crippen molar-refractivity contribution in [3.05, 3.63) is 40.3 Å². The van der Waals surface area contributed by atoms with Gasteiger partial charge in [0.25, 0.3) is 0 Å². The second-order valence-corrected chi connectivity index (χ2v) is 6.40. The maximum absolute atomic E-state index is 13.4. The number of nitrogens with one attached hydrogen (secondary N) is 1. The van der Waals surface area contributed by atoms with E-state index >= 15 is 0 Å². The second kappa shape index (κ2) is 6.12. The van der Waals surface area contributed by atoms with E-state index in [1.165, 1.54) is 12.1 Å². The lowest BCUT2D eigenvalue weighted by Crippen LogP contribution is -2.29. The summed E-state index contributed by atoms with van der Waals surface area (Å²) in [7, 11) is 0. The minimum absolute atomic E-state index is 0.0279. The summed E-state index contributed by atoms with van der Waals surface area (Å²) in [4.78, 5) is 18.8. The zero-order valence-electron chi connectivity index (χ0n) is 12.3. The molecule has 0 saturated carbocycles. The molecule has 1 unspecified atom stereocenters. The molecule has 0 spiro atoms. The maximum Gasteiger partial charge on any atom is 0.433 e. The van der Waals surface area contributed by atoms with Crippen molar-refractivity contribution in [2.75, 3.05) is 6.54 Å². The highest BCUT2D eigenvalue weighted by molar-refractivity contribution is 9.10. The second-order valence-electron chi connectivity index (χ2n) is 5.48. The van der Waals surface area contributed by atoms with Gasteiger partial charge in [0.1, 0.15) is 17.2 Å². The van der Waals surface area contributed by atoms with Crippen LogP contribution in [0.2, 0.25) is 0 Å². The van der Waals surface area contributed by atoms with Crippen LogP contribution in [0.15, 0.2) is 28.7 Å². The van der Waals surface area contributed by atoms with Crippen LogP contribution >= 0.6 is 15.9 Å². The summed E-state index contributed by atoms with van der Waals surface area (Å²) in [5, 5.41) is 9.19. The molecule has 1 atom stereocenters. The third-order valence-electron chi connectivity index (χ3n) is 3.94. The standard InChI is InChI=1S/C15H13BrF3N3O2/c16-9-5-3-8(4-6-9)11-12(15(17,18)19)21-13(20-11)10-2-1-7-22(10)14(23)24/h3-6,10H,1-2,7H2,(H,20,21)(H,23,24). The van der Waals surface area contributed by atoms with Crippen LogP contribution in [0.4, 0.5) is 18.0 Å². The summed E-state index contributed by atoms with van der Waals surface area (Å²) < 4.78 is 40.8. The van der Waals surface area contributed by atoms with Crippen LogP contribution in [0.25, 0.3) is 11.3 Å². The largest absolute Gasteiger partial charge is 0.465 e. The first-order valence-corrected chi connectivity index (χ1v) is 7.99. The van der Waals surface area contributed by atoms with Gasteiger partial charge in [0.2, 0.25) is 0 Å². The molecule has 5 nitrogen and oxygen atoms in total. The molecule has 1 fully saturated rings. The number of aromatic amines is 1. The number of nitrogens with zero attached hydrogens (tertiary/aromatic N) is 2. The van der Waals surface area contributed by atoms with E-state index in [1.807, 2.05) is 0 Å². The smallest absolute Gasteiger partial charge is 0.433 e. The van der Waals surface area contributed by atoms with E-state index in [1.54, 1.807) is 12.1 Å². The minimum Gasteiger partial charge on any atom is -0.465 e. The average Bonchev–Trinajstić information content (AvgIpc) is 3.14. The van der Waals surface area contributed by atoms with Crippen LogP contribution in [0, 0.1) is 0 Å². The van der Waals surface area contributed by atoms with Gasteiger partial charge in [-0.3, -0.25) is 4.90 Å². The fraction of sp³-hybridized carbons (Fsp3) is 0.333. The molecule has 0 bridgehead atoms. The fourth-order valence-corrected chi connectivity index (χ4v) is 3.12. The average molecular weight is 404 g/mol. The lowest BCUT2D eigenvalue weighted by Gasteiger charge is -2.19. The molecule has 24 heavy (non-hydrogen) atoms.